The molecule has 0 heterocycles. The summed E-state index contributed by atoms with van der Waals surface area (Å²) in [6, 6.07) is 12.7. The van der Waals surface area contributed by atoms with Gasteiger partial charge in [0, 0.05) is 18.2 Å². The average molecular weight is 331 g/mol. The molecule has 0 radical (unpaired) electrons. The summed E-state index contributed by atoms with van der Waals surface area (Å²) >= 11 is 0. The van der Waals surface area contributed by atoms with Crippen LogP contribution < -0.4 is 5.32 Å². The van der Waals surface area contributed by atoms with Crippen molar-refractivity contribution >= 4 is 0 Å². The zero-order valence-corrected chi connectivity index (χ0v) is 13.8. The molecule has 5 heteroatoms. The highest BCUT2D eigenvalue weighted by atomic mass is 16.3. The minimum absolute atomic E-state index is 0.0288. The number of aliphatic hydroxyl groups is 3. The first-order chi connectivity index (χ1) is 11.5. The predicted molar refractivity (Wildman–Crippen MR) is 92.5 cm³/mol. The van der Waals surface area contributed by atoms with Crippen LogP contribution in [0.3, 0.4) is 0 Å². The van der Waals surface area contributed by atoms with Crippen LogP contribution >= 0.6 is 0 Å². The normalized spacial score (nSPS) is 13.7. The molecule has 2 unspecified atom stereocenters. The largest absolute Gasteiger partial charge is 0.508 e. The van der Waals surface area contributed by atoms with Crippen molar-refractivity contribution in [1.82, 2.24) is 5.32 Å². The Hall–Kier alpha value is -1.92. The van der Waals surface area contributed by atoms with Gasteiger partial charge >= 0.3 is 0 Å². The van der Waals surface area contributed by atoms with Crippen molar-refractivity contribution in [3.05, 3.63) is 64.7 Å². The van der Waals surface area contributed by atoms with E-state index in [1.165, 1.54) is 6.07 Å². The second-order valence-corrected chi connectivity index (χ2v) is 6.05. The number of aromatic hydroxyl groups is 1. The molecule has 130 valence electrons. The molecule has 0 spiro atoms. The van der Waals surface area contributed by atoms with E-state index in [2.05, 4.69) is 5.32 Å². The molecule has 5 nitrogen and oxygen atoms in total. The summed E-state index contributed by atoms with van der Waals surface area (Å²) in [6.07, 6.45) is 0.103. The summed E-state index contributed by atoms with van der Waals surface area (Å²) in [6.45, 7) is 2.21. The molecule has 2 aromatic rings. The van der Waals surface area contributed by atoms with Crippen molar-refractivity contribution < 1.29 is 20.4 Å². The molecule has 2 aromatic carbocycles. The fourth-order valence-electron chi connectivity index (χ4n) is 2.58. The molecule has 0 saturated carbocycles. The first-order valence-electron chi connectivity index (χ1n) is 8.06. The van der Waals surface area contributed by atoms with Gasteiger partial charge in [-0.3, -0.25) is 0 Å². The summed E-state index contributed by atoms with van der Waals surface area (Å²) in [5, 5.41) is 41.3. The van der Waals surface area contributed by atoms with Gasteiger partial charge in [0.2, 0.25) is 0 Å². The third-order valence-corrected chi connectivity index (χ3v) is 4.07. The number of hydrogen-bond donors (Lipinski definition) is 5. The topological polar surface area (TPSA) is 93.0 Å². The Bertz CT molecular complexity index is 642. The molecule has 2 atom stereocenters. The first kappa shape index (κ1) is 18.4. The van der Waals surface area contributed by atoms with E-state index < -0.39 is 6.10 Å². The van der Waals surface area contributed by atoms with E-state index in [9.17, 15) is 15.3 Å². The number of phenols is 1. The Kier molecular flexibility index (Phi) is 6.75. The summed E-state index contributed by atoms with van der Waals surface area (Å²) in [4.78, 5) is 0. The number of rotatable bonds is 8. The van der Waals surface area contributed by atoms with Crippen LogP contribution in [0.5, 0.6) is 5.75 Å². The molecule has 24 heavy (non-hydrogen) atoms. The highest BCUT2D eigenvalue weighted by molar-refractivity contribution is 5.36. The molecule has 0 fully saturated rings. The molecule has 5 N–H and O–H groups in total. The Morgan fingerprint density at radius 2 is 1.62 bits per heavy atom. The monoisotopic (exact) mass is 331 g/mol. The van der Waals surface area contributed by atoms with Crippen LogP contribution in [0.4, 0.5) is 0 Å². The number of aliphatic hydroxyl groups excluding tert-OH is 3. The van der Waals surface area contributed by atoms with Gasteiger partial charge in [-0.25, -0.2) is 0 Å². The van der Waals surface area contributed by atoms with Crippen molar-refractivity contribution in [1.29, 1.82) is 0 Å². The van der Waals surface area contributed by atoms with Gasteiger partial charge in [-0.05, 0) is 42.2 Å². The highest BCUT2D eigenvalue weighted by Crippen LogP contribution is 2.22. The zero-order valence-electron chi connectivity index (χ0n) is 13.8. The summed E-state index contributed by atoms with van der Waals surface area (Å²) < 4.78 is 0. The third kappa shape index (κ3) is 5.04. The van der Waals surface area contributed by atoms with Gasteiger partial charge in [0.25, 0.3) is 0 Å². The van der Waals surface area contributed by atoms with Crippen molar-refractivity contribution in [2.75, 3.05) is 6.54 Å². The third-order valence-electron chi connectivity index (χ3n) is 4.07. The molecule has 0 aliphatic rings. The lowest BCUT2D eigenvalue weighted by molar-refractivity contribution is 0.170. The van der Waals surface area contributed by atoms with E-state index in [1.807, 2.05) is 31.2 Å². The van der Waals surface area contributed by atoms with Crippen molar-refractivity contribution in [3.63, 3.8) is 0 Å². The van der Waals surface area contributed by atoms with Gasteiger partial charge in [0.1, 0.15) is 5.75 Å². The average Bonchev–Trinajstić information content (AvgIpc) is 2.60. The summed E-state index contributed by atoms with van der Waals surface area (Å²) in [7, 11) is 0. The fourth-order valence-corrected chi connectivity index (χ4v) is 2.58. The minimum atomic E-state index is -0.713. The minimum Gasteiger partial charge on any atom is -0.508 e. The molecule has 0 aliphatic carbocycles. The van der Waals surface area contributed by atoms with Gasteiger partial charge in [0.15, 0.2) is 0 Å². The quantitative estimate of drug-likeness (QED) is 0.507. The second kappa shape index (κ2) is 8.80. The first-order valence-corrected chi connectivity index (χ1v) is 8.06. The maximum Gasteiger partial charge on any atom is 0.121 e. The lowest BCUT2D eigenvalue weighted by Gasteiger charge is -2.18. The van der Waals surface area contributed by atoms with Crippen LogP contribution in [0.25, 0.3) is 0 Å². The Labute approximate surface area is 142 Å². The maximum atomic E-state index is 10.3. The fraction of sp³-hybridized carbons (Fsp3) is 0.368. The summed E-state index contributed by atoms with van der Waals surface area (Å²) in [5.74, 6) is 0.0288. The molecule has 0 aromatic heterocycles. The van der Waals surface area contributed by atoms with Gasteiger partial charge in [-0.1, -0.05) is 30.3 Å². The van der Waals surface area contributed by atoms with E-state index in [0.29, 0.717) is 17.7 Å². The van der Waals surface area contributed by atoms with Gasteiger partial charge in [-0.15, -0.1) is 0 Å². The van der Waals surface area contributed by atoms with Crippen LogP contribution in [0.2, 0.25) is 0 Å². The van der Waals surface area contributed by atoms with Crippen LogP contribution in [0.1, 0.15) is 35.3 Å². The maximum absolute atomic E-state index is 10.3. The van der Waals surface area contributed by atoms with Gasteiger partial charge in [-0.2, -0.15) is 0 Å². The Morgan fingerprint density at radius 3 is 2.25 bits per heavy atom. The van der Waals surface area contributed by atoms with Crippen LogP contribution in [0.15, 0.2) is 42.5 Å². The van der Waals surface area contributed by atoms with E-state index in [1.54, 1.807) is 12.1 Å². The molecular weight excluding hydrogens is 306 g/mol. The summed E-state index contributed by atoms with van der Waals surface area (Å²) in [5.41, 5.74) is 3.11. The van der Waals surface area contributed by atoms with E-state index >= 15 is 0 Å². The second-order valence-electron chi connectivity index (χ2n) is 6.05. The zero-order chi connectivity index (χ0) is 17.5. The van der Waals surface area contributed by atoms with E-state index in [4.69, 9.17) is 5.11 Å². The standard InChI is InChI=1S/C19H25NO4/c1-13(8-14-2-4-15(11-21)5-3-14)20-10-19(24)16-6-7-18(23)17(9-16)12-22/h2-7,9,13,19-24H,8,10-12H2,1H3. The molecular formula is C19H25NO4. The van der Waals surface area contributed by atoms with Crippen LogP contribution in [-0.4, -0.2) is 33.0 Å². The SMILES string of the molecule is CC(Cc1ccc(CO)cc1)NCC(O)c1ccc(O)c(CO)c1. The van der Waals surface area contributed by atoms with Crippen molar-refractivity contribution in [2.45, 2.75) is 38.7 Å². The lowest BCUT2D eigenvalue weighted by Crippen LogP contribution is -2.32. The Balaban J connectivity index is 1.87. The predicted octanol–water partition coefficient (Wildman–Crippen LogP) is 1.63. The number of hydrogen-bond acceptors (Lipinski definition) is 5. The Morgan fingerprint density at radius 1 is 0.958 bits per heavy atom. The van der Waals surface area contributed by atoms with Crippen LogP contribution in [0, 0.1) is 0 Å². The van der Waals surface area contributed by atoms with E-state index in [0.717, 1.165) is 17.5 Å². The van der Waals surface area contributed by atoms with Crippen molar-refractivity contribution in [3.8, 4) is 5.75 Å². The molecule has 0 saturated heterocycles. The molecule has 0 amide bonds. The number of nitrogens with one attached hydrogen (secondary N) is 1. The van der Waals surface area contributed by atoms with Crippen LogP contribution in [-0.2, 0) is 19.6 Å². The van der Waals surface area contributed by atoms with E-state index in [-0.39, 0.29) is 25.0 Å². The number of benzene rings is 2. The molecule has 0 bridgehead atoms. The lowest BCUT2D eigenvalue weighted by atomic mass is 10.0. The molecule has 0 aliphatic heterocycles. The molecule has 2 rings (SSSR count). The smallest absolute Gasteiger partial charge is 0.121 e. The van der Waals surface area contributed by atoms with Crippen molar-refractivity contribution in [2.24, 2.45) is 0 Å². The van der Waals surface area contributed by atoms with Gasteiger partial charge < -0.3 is 25.7 Å². The highest BCUT2D eigenvalue weighted by Gasteiger charge is 2.12. The van der Waals surface area contributed by atoms with Gasteiger partial charge in [0.05, 0.1) is 19.3 Å².